The summed E-state index contributed by atoms with van der Waals surface area (Å²) >= 11 is 0. The summed E-state index contributed by atoms with van der Waals surface area (Å²) in [5, 5.41) is 21.1. The second-order valence-electron chi connectivity index (χ2n) is 5.09. The third-order valence-electron chi connectivity index (χ3n) is 3.67. The molecule has 1 saturated carbocycles. The van der Waals surface area contributed by atoms with E-state index in [4.69, 9.17) is 0 Å². The van der Waals surface area contributed by atoms with Crippen LogP contribution in [0.15, 0.2) is 0 Å². The summed E-state index contributed by atoms with van der Waals surface area (Å²) in [7, 11) is 0. The third-order valence-corrected chi connectivity index (χ3v) is 3.67. The minimum absolute atomic E-state index is 0.457. The Hall–Kier alpha value is -1.63. The highest BCUT2D eigenvalue weighted by molar-refractivity contribution is 5.57. The smallest absolute Gasteiger partial charge is 0.167 e. The van der Waals surface area contributed by atoms with Crippen LogP contribution < -0.4 is 5.32 Å². The first kappa shape index (κ1) is 12.8. The van der Waals surface area contributed by atoms with Crippen LogP contribution in [-0.2, 0) is 12.8 Å². The quantitative estimate of drug-likeness (QED) is 0.884. The molecule has 2 rings (SSSR count). The Kier molecular flexibility index (Phi) is 3.81. The Labute approximate surface area is 108 Å². The second kappa shape index (κ2) is 5.34. The van der Waals surface area contributed by atoms with Crippen LogP contribution in [0.25, 0.3) is 0 Å². The van der Waals surface area contributed by atoms with Crippen molar-refractivity contribution in [2.75, 3.05) is 5.32 Å². The van der Waals surface area contributed by atoms with Gasteiger partial charge in [-0.25, -0.2) is 0 Å². The standard InChI is InChI=1S/C14H20N4/c1-4-11-12(8-15)14(18-17-13(11)5-2)16-10-6-9(3)7-10/h9-10H,4-7H2,1-3H3,(H,16,18). The number of aryl methyl sites for hydroxylation is 1. The number of nitriles is 1. The first-order valence-electron chi connectivity index (χ1n) is 6.74. The van der Waals surface area contributed by atoms with Crippen LogP contribution in [0.5, 0.6) is 0 Å². The zero-order chi connectivity index (χ0) is 13.1. The molecule has 1 fully saturated rings. The molecule has 0 atom stereocenters. The van der Waals surface area contributed by atoms with E-state index in [-0.39, 0.29) is 0 Å². The third kappa shape index (κ3) is 2.31. The summed E-state index contributed by atoms with van der Waals surface area (Å²) in [6, 6.07) is 2.75. The average Bonchev–Trinajstić information content (AvgIpc) is 2.35. The van der Waals surface area contributed by atoms with Gasteiger partial charge in [0.25, 0.3) is 0 Å². The summed E-state index contributed by atoms with van der Waals surface area (Å²) in [6.45, 7) is 6.35. The van der Waals surface area contributed by atoms with E-state index in [1.54, 1.807) is 0 Å². The van der Waals surface area contributed by atoms with Crippen LogP contribution >= 0.6 is 0 Å². The molecule has 0 aliphatic heterocycles. The van der Waals surface area contributed by atoms with E-state index in [9.17, 15) is 5.26 Å². The van der Waals surface area contributed by atoms with Crippen LogP contribution in [0.2, 0.25) is 0 Å². The molecule has 1 aromatic rings. The van der Waals surface area contributed by atoms with Crippen molar-refractivity contribution in [3.05, 3.63) is 16.8 Å². The number of hydrogen-bond acceptors (Lipinski definition) is 4. The molecule has 18 heavy (non-hydrogen) atoms. The average molecular weight is 244 g/mol. The van der Waals surface area contributed by atoms with Crippen molar-refractivity contribution < 1.29 is 0 Å². The Morgan fingerprint density at radius 3 is 2.50 bits per heavy atom. The minimum Gasteiger partial charge on any atom is -0.365 e. The fourth-order valence-electron chi connectivity index (χ4n) is 2.61. The lowest BCUT2D eigenvalue weighted by atomic mass is 9.82. The molecule has 4 nitrogen and oxygen atoms in total. The van der Waals surface area contributed by atoms with Crippen molar-refractivity contribution in [2.24, 2.45) is 5.92 Å². The van der Waals surface area contributed by atoms with E-state index in [1.807, 2.05) is 6.92 Å². The molecule has 96 valence electrons. The SMILES string of the molecule is CCc1nnc(NC2CC(C)C2)c(C#N)c1CC. The zero-order valence-corrected chi connectivity index (χ0v) is 11.3. The highest BCUT2D eigenvalue weighted by atomic mass is 15.2. The van der Waals surface area contributed by atoms with E-state index >= 15 is 0 Å². The summed E-state index contributed by atoms with van der Waals surface area (Å²) in [5.74, 6) is 1.45. The van der Waals surface area contributed by atoms with Gasteiger partial charge < -0.3 is 5.32 Å². The van der Waals surface area contributed by atoms with Gasteiger partial charge in [-0.2, -0.15) is 10.4 Å². The van der Waals surface area contributed by atoms with Crippen molar-refractivity contribution in [1.82, 2.24) is 10.2 Å². The Morgan fingerprint density at radius 2 is 2.00 bits per heavy atom. The van der Waals surface area contributed by atoms with Crippen molar-refractivity contribution >= 4 is 5.82 Å². The highest BCUT2D eigenvalue weighted by Gasteiger charge is 2.27. The Bertz CT molecular complexity index is 469. The first-order valence-corrected chi connectivity index (χ1v) is 6.74. The van der Waals surface area contributed by atoms with Gasteiger partial charge in [0.05, 0.1) is 5.69 Å². The van der Waals surface area contributed by atoms with Crippen LogP contribution in [0.1, 0.15) is 50.4 Å². The predicted octanol–water partition coefficient (Wildman–Crippen LogP) is 2.68. The first-order chi connectivity index (χ1) is 8.69. The largest absolute Gasteiger partial charge is 0.365 e. The highest BCUT2D eigenvalue weighted by Crippen LogP contribution is 2.30. The van der Waals surface area contributed by atoms with E-state index in [0.29, 0.717) is 17.4 Å². The predicted molar refractivity (Wildman–Crippen MR) is 71.3 cm³/mol. The summed E-state index contributed by atoms with van der Waals surface area (Å²) in [5.41, 5.74) is 2.68. The Balaban J connectivity index is 2.27. The van der Waals surface area contributed by atoms with Crippen LogP contribution in [0.4, 0.5) is 5.82 Å². The molecule has 0 radical (unpaired) electrons. The molecule has 0 unspecified atom stereocenters. The van der Waals surface area contributed by atoms with Gasteiger partial charge in [-0.05, 0) is 37.2 Å². The lowest BCUT2D eigenvalue weighted by molar-refractivity contribution is 0.308. The molecule has 0 saturated heterocycles. The van der Waals surface area contributed by atoms with Crippen molar-refractivity contribution in [3.8, 4) is 6.07 Å². The number of hydrogen-bond donors (Lipinski definition) is 1. The molecule has 0 spiro atoms. The molecular weight excluding hydrogens is 224 g/mol. The zero-order valence-electron chi connectivity index (χ0n) is 11.3. The molecule has 0 amide bonds. The van der Waals surface area contributed by atoms with Crippen LogP contribution in [-0.4, -0.2) is 16.2 Å². The summed E-state index contributed by atoms with van der Waals surface area (Å²) < 4.78 is 0. The number of nitrogens with zero attached hydrogens (tertiary/aromatic N) is 3. The van der Waals surface area contributed by atoms with E-state index in [2.05, 4.69) is 35.4 Å². The maximum absolute atomic E-state index is 9.35. The number of anilines is 1. The molecule has 1 N–H and O–H groups in total. The van der Waals surface area contributed by atoms with Crippen molar-refractivity contribution in [2.45, 2.75) is 52.5 Å². The van der Waals surface area contributed by atoms with E-state index in [1.165, 1.54) is 0 Å². The molecule has 4 heteroatoms. The van der Waals surface area contributed by atoms with E-state index < -0.39 is 0 Å². The fraction of sp³-hybridized carbons (Fsp3) is 0.643. The lowest BCUT2D eigenvalue weighted by Gasteiger charge is -2.33. The number of aromatic nitrogens is 2. The van der Waals surface area contributed by atoms with Gasteiger partial charge >= 0.3 is 0 Å². The minimum atomic E-state index is 0.457. The molecule has 1 heterocycles. The molecule has 1 aromatic heterocycles. The molecule has 1 aliphatic rings. The monoisotopic (exact) mass is 244 g/mol. The number of rotatable bonds is 4. The topological polar surface area (TPSA) is 61.6 Å². The van der Waals surface area contributed by atoms with Gasteiger partial charge in [-0.3, -0.25) is 0 Å². The van der Waals surface area contributed by atoms with Crippen LogP contribution in [0, 0.1) is 17.2 Å². The molecule has 0 bridgehead atoms. The van der Waals surface area contributed by atoms with Gasteiger partial charge in [0.1, 0.15) is 11.6 Å². The van der Waals surface area contributed by atoms with E-state index in [0.717, 1.165) is 42.9 Å². The van der Waals surface area contributed by atoms with Crippen molar-refractivity contribution in [3.63, 3.8) is 0 Å². The lowest BCUT2D eigenvalue weighted by Crippen LogP contribution is -2.34. The molecule has 0 aromatic carbocycles. The molecular formula is C14H20N4. The molecule has 1 aliphatic carbocycles. The summed E-state index contributed by atoms with van der Waals surface area (Å²) in [6.07, 6.45) is 3.97. The maximum atomic E-state index is 9.35. The van der Waals surface area contributed by atoms with Crippen molar-refractivity contribution in [1.29, 1.82) is 5.26 Å². The van der Waals surface area contributed by atoms with Gasteiger partial charge in [-0.1, -0.05) is 20.8 Å². The second-order valence-corrected chi connectivity index (χ2v) is 5.09. The maximum Gasteiger partial charge on any atom is 0.167 e. The number of nitrogens with one attached hydrogen (secondary N) is 1. The summed E-state index contributed by atoms with van der Waals surface area (Å²) in [4.78, 5) is 0. The van der Waals surface area contributed by atoms with Gasteiger partial charge in [0, 0.05) is 6.04 Å². The van der Waals surface area contributed by atoms with Gasteiger partial charge in [0.15, 0.2) is 5.82 Å². The fourth-order valence-corrected chi connectivity index (χ4v) is 2.61. The normalized spacial score (nSPS) is 22.1. The Morgan fingerprint density at radius 1 is 1.28 bits per heavy atom. The van der Waals surface area contributed by atoms with Gasteiger partial charge in [0.2, 0.25) is 0 Å². The van der Waals surface area contributed by atoms with Crippen LogP contribution in [0.3, 0.4) is 0 Å². The van der Waals surface area contributed by atoms with Gasteiger partial charge in [-0.15, -0.1) is 5.10 Å².